The summed E-state index contributed by atoms with van der Waals surface area (Å²) in [7, 11) is 1.73. The Balaban J connectivity index is 1.34. The van der Waals surface area contributed by atoms with Crippen molar-refractivity contribution in [3.8, 4) is 16.8 Å². The van der Waals surface area contributed by atoms with Crippen molar-refractivity contribution in [1.82, 2.24) is 29.3 Å². The second-order valence-electron chi connectivity index (χ2n) is 10.9. The first kappa shape index (κ1) is 28.0. The summed E-state index contributed by atoms with van der Waals surface area (Å²) in [6.07, 6.45) is 8.78. The third-order valence-electron chi connectivity index (χ3n) is 7.66. The Bertz CT molecular complexity index is 1860. The van der Waals surface area contributed by atoms with Crippen LogP contribution in [0, 0.1) is 5.82 Å². The van der Waals surface area contributed by atoms with Gasteiger partial charge in [0.1, 0.15) is 17.3 Å². The van der Waals surface area contributed by atoms with Crippen LogP contribution in [-0.2, 0) is 0 Å². The maximum atomic E-state index is 15.0. The number of amides is 2. The molecule has 0 atom stereocenters. The number of carbonyl (C=O) groups excluding carboxylic acids is 1. The molecule has 220 valence electrons. The molecule has 2 amide bonds. The zero-order chi connectivity index (χ0) is 30.1. The molecular weight excluding hydrogens is 549 g/mol. The van der Waals surface area contributed by atoms with E-state index in [0.29, 0.717) is 39.6 Å². The largest absolute Gasteiger partial charge is 0.357 e. The van der Waals surface area contributed by atoms with Crippen LogP contribution < -0.4 is 21.5 Å². The van der Waals surface area contributed by atoms with Gasteiger partial charge >= 0.3 is 6.03 Å². The summed E-state index contributed by atoms with van der Waals surface area (Å²) in [5.41, 5.74) is 2.55. The zero-order valence-electron chi connectivity index (χ0n) is 24.1. The lowest BCUT2D eigenvalue weighted by Crippen LogP contribution is -2.26. The highest BCUT2D eigenvalue weighted by Gasteiger charge is 2.24. The van der Waals surface area contributed by atoms with Crippen LogP contribution in [0.25, 0.3) is 27.8 Å². The highest BCUT2D eigenvalue weighted by atomic mass is 19.1. The van der Waals surface area contributed by atoms with Gasteiger partial charge in [0, 0.05) is 42.5 Å². The number of nitrogens with one attached hydrogen (secondary N) is 3. The number of nitrogens with zero attached hydrogens (tertiary/aromatic N) is 6. The van der Waals surface area contributed by atoms with Gasteiger partial charge in [-0.2, -0.15) is 10.1 Å². The minimum atomic E-state index is -0.661. The number of carbonyl (C=O) groups is 1. The van der Waals surface area contributed by atoms with Gasteiger partial charge in [-0.05, 0) is 54.7 Å². The number of hydrogen-bond acceptors (Lipinski definition) is 7. The van der Waals surface area contributed by atoms with Crippen molar-refractivity contribution in [3.63, 3.8) is 0 Å². The molecule has 1 aliphatic carbocycles. The first-order valence-electron chi connectivity index (χ1n) is 14.3. The molecule has 0 bridgehead atoms. The van der Waals surface area contributed by atoms with E-state index in [0.717, 1.165) is 31.4 Å². The molecule has 0 saturated heterocycles. The first-order valence-corrected chi connectivity index (χ1v) is 14.3. The Morgan fingerprint density at radius 1 is 1.07 bits per heavy atom. The van der Waals surface area contributed by atoms with Crippen molar-refractivity contribution in [1.29, 1.82) is 0 Å². The van der Waals surface area contributed by atoms with Gasteiger partial charge in [-0.25, -0.2) is 18.9 Å². The monoisotopic (exact) mass is 581 g/mol. The molecule has 0 spiro atoms. The Labute approximate surface area is 247 Å². The number of anilines is 3. The van der Waals surface area contributed by atoms with E-state index in [1.807, 2.05) is 19.9 Å². The van der Waals surface area contributed by atoms with Crippen LogP contribution in [0.3, 0.4) is 0 Å². The maximum Gasteiger partial charge on any atom is 0.324 e. The number of pyridine rings is 2. The fraction of sp³-hybridized carbons (Fsp3) is 0.290. The van der Waals surface area contributed by atoms with E-state index in [1.165, 1.54) is 18.2 Å². The second-order valence-corrected chi connectivity index (χ2v) is 10.9. The van der Waals surface area contributed by atoms with Gasteiger partial charge in [0.25, 0.3) is 5.56 Å². The lowest BCUT2D eigenvalue weighted by molar-refractivity contribution is 0.262. The van der Waals surface area contributed by atoms with Crippen LogP contribution >= 0.6 is 0 Å². The van der Waals surface area contributed by atoms with Crippen LogP contribution in [0.4, 0.5) is 26.6 Å². The number of hydrogen-bond donors (Lipinski definition) is 3. The summed E-state index contributed by atoms with van der Waals surface area (Å²) >= 11 is 0. The summed E-state index contributed by atoms with van der Waals surface area (Å²) in [5, 5.41) is 13.6. The molecule has 0 unspecified atom stereocenters. The fourth-order valence-electron chi connectivity index (χ4n) is 5.45. The van der Waals surface area contributed by atoms with Crippen molar-refractivity contribution in [2.24, 2.45) is 0 Å². The lowest BCUT2D eigenvalue weighted by Gasteiger charge is -2.18. The van der Waals surface area contributed by atoms with E-state index < -0.39 is 11.8 Å². The molecule has 1 aromatic carbocycles. The minimum absolute atomic E-state index is 0.0128. The van der Waals surface area contributed by atoms with E-state index >= 15 is 4.39 Å². The molecule has 43 heavy (non-hydrogen) atoms. The fourth-order valence-corrected chi connectivity index (χ4v) is 5.45. The Morgan fingerprint density at radius 2 is 1.88 bits per heavy atom. The lowest BCUT2D eigenvalue weighted by atomic mass is 10.0. The maximum absolute atomic E-state index is 15.0. The van der Waals surface area contributed by atoms with Gasteiger partial charge in [0.2, 0.25) is 5.95 Å². The predicted octanol–water partition coefficient (Wildman–Crippen LogP) is 6.10. The molecule has 4 heterocycles. The summed E-state index contributed by atoms with van der Waals surface area (Å²) in [6, 6.07) is 10.7. The van der Waals surface area contributed by atoms with E-state index in [9.17, 15) is 9.59 Å². The molecular formula is C31H32FN9O2. The van der Waals surface area contributed by atoms with Crippen molar-refractivity contribution in [2.75, 3.05) is 23.0 Å². The predicted molar refractivity (Wildman–Crippen MR) is 164 cm³/mol. The minimum Gasteiger partial charge on any atom is -0.357 e. The summed E-state index contributed by atoms with van der Waals surface area (Å²) in [4.78, 5) is 40.1. The molecule has 0 aliphatic heterocycles. The molecule has 0 radical (unpaired) electrons. The summed E-state index contributed by atoms with van der Waals surface area (Å²) < 4.78 is 18.3. The van der Waals surface area contributed by atoms with Gasteiger partial charge in [0.15, 0.2) is 0 Å². The number of benzene rings is 1. The van der Waals surface area contributed by atoms with Gasteiger partial charge in [0.05, 0.1) is 23.3 Å². The van der Waals surface area contributed by atoms with Gasteiger partial charge < -0.3 is 10.6 Å². The number of halogens is 1. The summed E-state index contributed by atoms with van der Waals surface area (Å²) in [5.74, 6) is 0.305. The van der Waals surface area contributed by atoms with Gasteiger partial charge in [-0.15, -0.1) is 0 Å². The Kier molecular flexibility index (Phi) is 7.58. The van der Waals surface area contributed by atoms with Crippen molar-refractivity contribution < 1.29 is 9.18 Å². The van der Waals surface area contributed by atoms with E-state index in [2.05, 4.69) is 36.0 Å². The van der Waals surface area contributed by atoms with Gasteiger partial charge in [-0.1, -0.05) is 32.8 Å². The third kappa shape index (κ3) is 5.55. The number of fused-ring (bicyclic) bond motifs is 1. The normalized spacial score (nSPS) is 13.5. The van der Waals surface area contributed by atoms with Crippen LogP contribution in [0.2, 0.25) is 0 Å². The van der Waals surface area contributed by atoms with Gasteiger partial charge in [-0.3, -0.25) is 19.7 Å². The van der Waals surface area contributed by atoms with Crippen molar-refractivity contribution in [3.05, 3.63) is 82.9 Å². The smallest absolute Gasteiger partial charge is 0.324 e. The number of aromatic nitrogens is 6. The molecule has 1 saturated carbocycles. The topological polar surface area (TPSA) is 132 Å². The SMILES string of the molecule is CNc1ncc2cc(-c3ccc(F)c(NC(=O)Nc4cc(C(C)C)nn4-c4cccnc4)c3)c(=O)n(C3CCCC3)c2n1. The average molecular weight is 582 g/mol. The third-order valence-corrected chi connectivity index (χ3v) is 7.66. The van der Waals surface area contributed by atoms with Crippen LogP contribution in [0.5, 0.6) is 0 Å². The quantitative estimate of drug-likeness (QED) is 0.212. The van der Waals surface area contributed by atoms with E-state index in [1.54, 1.807) is 53.1 Å². The number of rotatable bonds is 7. The molecule has 12 heteroatoms. The van der Waals surface area contributed by atoms with Crippen molar-refractivity contribution >= 4 is 34.5 Å². The molecule has 1 aliphatic rings. The van der Waals surface area contributed by atoms with Crippen LogP contribution in [-0.4, -0.2) is 42.4 Å². The van der Waals surface area contributed by atoms with Crippen molar-refractivity contribution in [2.45, 2.75) is 51.5 Å². The zero-order valence-corrected chi connectivity index (χ0v) is 24.1. The standard InChI is InChI=1S/C31H32FN9O2/c1-18(2)25-15-27(41(39-25)22-9-6-12-34-17-22)37-31(43)36-26-14-19(10-11-24(26)32)23-13-20-16-35-30(33-3)38-28(20)40(29(23)42)21-7-4-5-8-21/h6,9-18,21H,4-5,7-8H2,1-3H3,(H,33,35,38)(H2,36,37,43). The van der Waals surface area contributed by atoms with E-state index in [-0.39, 0.29) is 23.2 Å². The molecule has 3 N–H and O–H groups in total. The Hall–Kier alpha value is -5.13. The first-order chi connectivity index (χ1) is 20.8. The van der Waals surface area contributed by atoms with Crippen LogP contribution in [0.15, 0.2) is 65.8 Å². The highest BCUT2D eigenvalue weighted by molar-refractivity contribution is 6.00. The number of urea groups is 1. The molecule has 1 fully saturated rings. The second kappa shape index (κ2) is 11.6. The Morgan fingerprint density at radius 3 is 2.60 bits per heavy atom. The van der Waals surface area contributed by atoms with E-state index in [4.69, 9.17) is 0 Å². The summed E-state index contributed by atoms with van der Waals surface area (Å²) in [6.45, 7) is 4.00. The average Bonchev–Trinajstić information content (AvgIpc) is 3.69. The molecule has 11 nitrogen and oxygen atoms in total. The molecule has 6 rings (SSSR count). The van der Waals surface area contributed by atoms with Crippen LogP contribution in [0.1, 0.15) is 57.2 Å². The molecule has 4 aromatic heterocycles. The highest BCUT2D eigenvalue weighted by Crippen LogP contribution is 2.33. The molecule has 5 aromatic rings.